The number of phosphoric acid groups is 1. The van der Waals surface area contributed by atoms with Crippen molar-refractivity contribution >= 4 is 19.8 Å². The molecule has 1 unspecified atom stereocenters. The Kier molecular flexibility index (Phi) is 39.4. The number of unbranched alkanes of at least 4 members (excludes halogenated alkanes) is 23. The highest BCUT2D eigenvalue weighted by Crippen LogP contribution is 2.43. The molecule has 340 valence electrons. The lowest BCUT2D eigenvalue weighted by Gasteiger charge is -2.24. The van der Waals surface area contributed by atoms with E-state index >= 15 is 0 Å². The lowest BCUT2D eigenvalue weighted by atomic mass is 10.1. The van der Waals surface area contributed by atoms with Crippen LogP contribution in [0.3, 0.4) is 0 Å². The van der Waals surface area contributed by atoms with E-state index in [-0.39, 0.29) is 32.0 Å². The van der Waals surface area contributed by atoms with E-state index in [0.717, 1.165) is 57.8 Å². The van der Waals surface area contributed by atoms with Gasteiger partial charge in [-0.25, -0.2) is 4.57 Å². The quantitative estimate of drug-likeness (QED) is 0.0213. The zero-order valence-electron chi connectivity index (χ0n) is 38.3. The Hall–Kier alpha value is -1.77. The number of hydrogen-bond donors (Lipinski definition) is 1. The van der Waals surface area contributed by atoms with Crippen molar-refractivity contribution in [1.29, 1.82) is 0 Å². The van der Waals surface area contributed by atoms with E-state index in [1.807, 2.05) is 21.1 Å². The van der Waals surface area contributed by atoms with Crippen LogP contribution in [0, 0.1) is 0 Å². The molecule has 0 saturated carbocycles. The van der Waals surface area contributed by atoms with Gasteiger partial charge in [-0.05, 0) is 70.6 Å². The number of ether oxygens (including phenoxy) is 2. The van der Waals surface area contributed by atoms with E-state index < -0.39 is 26.5 Å². The monoisotopic (exact) mass is 841 g/mol. The van der Waals surface area contributed by atoms with Gasteiger partial charge in [-0.2, -0.15) is 0 Å². The molecule has 0 aliphatic heterocycles. The number of esters is 2. The number of quaternary nitrogens is 1. The van der Waals surface area contributed by atoms with Crippen molar-refractivity contribution in [2.24, 2.45) is 0 Å². The first kappa shape index (κ1) is 56.2. The minimum Gasteiger partial charge on any atom is -0.462 e. The van der Waals surface area contributed by atoms with Gasteiger partial charge in [-0.3, -0.25) is 18.6 Å². The van der Waals surface area contributed by atoms with E-state index in [4.69, 9.17) is 18.5 Å². The summed E-state index contributed by atoms with van der Waals surface area (Å²) < 4.78 is 34.4. The third-order valence-corrected chi connectivity index (χ3v) is 11.1. The molecular weight excluding hydrogens is 750 g/mol. The van der Waals surface area contributed by atoms with Gasteiger partial charge in [0.15, 0.2) is 6.10 Å². The van der Waals surface area contributed by atoms with E-state index in [1.54, 1.807) is 0 Å². The summed E-state index contributed by atoms with van der Waals surface area (Å²) in [5.41, 5.74) is 0. The second-order valence-electron chi connectivity index (χ2n) is 17.1. The van der Waals surface area contributed by atoms with Gasteiger partial charge in [-0.1, -0.05) is 159 Å². The van der Waals surface area contributed by atoms with E-state index in [2.05, 4.69) is 50.3 Å². The van der Waals surface area contributed by atoms with Gasteiger partial charge in [0.05, 0.1) is 27.7 Å². The summed E-state index contributed by atoms with van der Waals surface area (Å²) >= 11 is 0. The van der Waals surface area contributed by atoms with E-state index in [1.165, 1.54) is 116 Å². The third-order valence-electron chi connectivity index (χ3n) is 10.1. The van der Waals surface area contributed by atoms with Crippen molar-refractivity contribution in [2.45, 2.75) is 213 Å². The first-order chi connectivity index (χ1) is 28.0. The normalized spacial score (nSPS) is 13.8. The van der Waals surface area contributed by atoms with Crippen molar-refractivity contribution in [3.8, 4) is 0 Å². The Morgan fingerprint density at radius 3 is 1.41 bits per heavy atom. The number of carbonyl (C=O) groups excluding carboxylic acids is 2. The summed E-state index contributed by atoms with van der Waals surface area (Å²) in [5.74, 6) is -0.809. The van der Waals surface area contributed by atoms with Gasteiger partial charge in [-0.15, -0.1) is 0 Å². The molecule has 0 fully saturated rings. The molecule has 9 nitrogen and oxygen atoms in total. The molecule has 2 atom stereocenters. The maximum Gasteiger partial charge on any atom is 0.472 e. The Bertz CT molecular complexity index is 1090. The van der Waals surface area contributed by atoms with Gasteiger partial charge in [0.2, 0.25) is 0 Å². The van der Waals surface area contributed by atoms with Crippen molar-refractivity contribution in [3.63, 3.8) is 0 Å². The molecule has 0 aromatic heterocycles. The van der Waals surface area contributed by atoms with Crippen molar-refractivity contribution < 1.29 is 42.1 Å². The molecule has 0 heterocycles. The summed E-state index contributed by atoms with van der Waals surface area (Å²) in [6.07, 6.45) is 46.1. The molecule has 0 amide bonds. The molecule has 0 aliphatic carbocycles. The Morgan fingerprint density at radius 1 is 0.534 bits per heavy atom. The minimum absolute atomic E-state index is 0.0295. The van der Waals surface area contributed by atoms with E-state index in [0.29, 0.717) is 17.4 Å². The average molecular weight is 841 g/mol. The first-order valence-corrected chi connectivity index (χ1v) is 25.2. The van der Waals surface area contributed by atoms with Crippen molar-refractivity contribution in [3.05, 3.63) is 36.5 Å². The van der Waals surface area contributed by atoms with E-state index in [9.17, 15) is 19.0 Å². The Morgan fingerprint density at radius 2 is 0.931 bits per heavy atom. The van der Waals surface area contributed by atoms with Crippen molar-refractivity contribution in [1.82, 2.24) is 0 Å². The van der Waals surface area contributed by atoms with Gasteiger partial charge in [0, 0.05) is 12.8 Å². The minimum atomic E-state index is -4.38. The summed E-state index contributed by atoms with van der Waals surface area (Å²) in [6.45, 7) is 4.39. The molecular formula is C48H91NO8P+. The van der Waals surface area contributed by atoms with Crippen LogP contribution in [-0.2, 0) is 32.7 Å². The number of rotatable bonds is 43. The highest BCUT2D eigenvalue weighted by atomic mass is 31.2. The first-order valence-electron chi connectivity index (χ1n) is 23.7. The van der Waals surface area contributed by atoms with Crippen LogP contribution in [0.25, 0.3) is 0 Å². The van der Waals surface area contributed by atoms with Crippen LogP contribution in [0.1, 0.15) is 206 Å². The number of hydrogen-bond acceptors (Lipinski definition) is 7. The smallest absolute Gasteiger partial charge is 0.462 e. The van der Waals surface area contributed by atoms with Crippen LogP contribution >= 0.6 is 7.82 Å². The Balaban J connectivity index is 4.31. The maximum absolute atomic E-state index is 12.7. The van der Waals surface area contributed by atoms with Crippen LogP contribution in [0.15, 0.2) is 36.5 Å². The molecule has 0 aromatic carbocycles. The second-order valence-corrected chi connectivity index (χ2v) is 18.6. The van der Waals surface area contributed by atoms with Crippen LogP contribution in [0.2, 0.25) is 0 Å². The molecule has 0 rings (SSSR count). The molecule has 1 N–H and O–H groups in total. The SMILES string of the molecule is CCCCC/C=C\C/C=C\CCCCCCCCCCCC(=O)OC[C@H](COP(=O)(O)OCC[N+](C)(C)C)OC(=O)CCCCCCC/C=C\CCCCCCCC. The number of allylic oxidation sites excluding steroid dienone is 6. The standard InChI is InChI=1S/C48H90NO8P/c1-6-8-10-12-14-16-18-20-22-23-24-25-27-28-30-32-34-36-38-40-47(50)54-44-46(45-56-58(52,53)55-43-42-49(3,4)5)57-48(51)41-39-37-35-33-31-29-26-21-19-17-15-13-11-9-7-2/h14,16,20-22,26,46H,6-13,15,17-19,23-25,27-45H2,1-5H3/p+1/b16-14-,22-20-,26-21-/t46-/m1/s1. The molecule has 0 aromatic rings. The predicted octanol–water partition coefficient (Wildman–Crippen LogP) is 13.7. The highest BCUT2D eigenvalue weighted by Gasteiger charge is 2.27. The molecule has 10 heteroatoms. The molecule has 58 heavy (non-hydrogen) atoms. The Labute approximate surface area is 357 Å². The van der Waals surface area contributed by atoms with Crippen LogP contribution in [-0.4, -0.2) is 74.9 Å². The summed E-state index contributed by atoms with van der Waals surface area (Å²) in [6, 6.07) is 0. The van der Waals surface area contributed by atoms with Gasteiger partial charge in [0.1, 0.15) is 19.8 Å². The van der Waals surface area contributed by atoms with Gasteiger partial charge in [0.25, 0.3) is 0 Å². The number of nitrogens with zero attached hydrogens (tertiary/aromatic N) is 1. The molecule has 0 bridgehead atoms. The summed E-state index contributed by atoms with van der Waals surface area (Å²) in [4.78, 5) is 35.4. The van der Waals surface area contributed by atoms with Gasteiger partial charge >= 0.3 is 19.8 Å². The van der Waals surface area contributed by atoms with Crippen LogP contribution in [0.5, 0.6) is 0 Å². The fourth-order valence-electron chi connectivity index (χ4n) is 6.39. The zero-order chi connectivity index (χ0) is 42.8. The summed E-state index contributed by atoms with van der Waals surface area (Å²) in [5, 5.41) is 0. The molecule has 0 saturated heterocycles. The zero-order valence-corrected chi connectivity index (χ0v) is 39.2. The molecule has 0 radical (unpaired) electrons. The van der Waals surface area contributed by atoms with Crippen LogP contribution in [0.4, 0.5) is 0 Å². The predicted molar refractivity (Wildman–Crippen MR) is 243 cm³/mol. The lowest BCUT2D eigenvalue weighted by molar-refractivity contribution is -0.870. The average Bonchev–Trinajstić information content (AvgIpc) is 3.17. The fourth-order valence-corrected chi connectivity index (χ4v) is 7.13. The maximum atomic E-state index is 12.7. The lowest BCUT2D eigenvalue weighted by Crippen LogP contribution is -2.37. The van der Waals surface area contributed by atoms with Crippen molar-refractivity contribution in [2.75, 3.05) is 47.5 Å². The number of likely N-dealkylation sites (N-methyl/N-ethyl adjacent to an activating group) is 1. The van der Waals surface area contributed by atoms with Crippen LogP contribution < -0.4 is 0 Å². The number of carbonyl (C=O) groups is 2. The highest BCUT2D eigenvalue weighted by molar-refractivity contribution is 7.47. The summed E-state index contributed by atoms with van der Waals surface area (Å²) in [7, 11) is 1.47. The molecule has 0 spiro atoms. The second kappa shape index (κ2) is 40.6. The molecule has 0 aliphatic rings. The fraction of sp³-hybridized carbons (Fsp3) is 0.833. The largest absolute Gasteiger partial charge is 0.472 e. The topological polar surface area (TPSA) is 108 Å². The van der Waals surface area contributed by atoms with Gasteiger partial charge < -0.3 is 18.9 Å². The third kappa shape index (κ3) is 43.8. The number of phosphoric ester groups is 1.